The molecule has 1 aliphatic carbocycles. The summed E-state index contributed by atoms with van der Waals surface area (Å²) in [6, 6.07) is 0. The first-order valence-corrected chi connectivity index (χ1v) is 6.57. The Labute approximate surface area is 102 Å². The van der Waals surface area contributed by atoms with Gasteiger partial charge >= 0.3 is 0 Å². The molecular formula is C16H28. The summed E-state index contributed by atoms with van der Waals surface area (Å²) < 4.78 is 0. The lowest BCUT2D eigenvalue weighted by molar-refractivity contribution is 1.02. The van der Waals surface area contributed by atoms with E-state index in [0.717, 1.165) is 19.3 Å². The van der Waals surface area contributed by atoms with Crippen molar-refractivity contribution in [2.75, 3.05) is 0 Å². The van der Waals surface area contributed by atoms with E-state index in [-0.39, 0.29) is 0 Å². The molecule has 0 aliphatic heterocycles. The van der Waals surface area contributed by atoms with Crippen molar-refractivity contribution in [1.82, 2.24) is 0 Å². The minimum atomic E-state index is 1.09. The molecule has 0 aromatic heterocycles. The summed E-state index contributed by atoms with van der Waals surface area (Å²) in [5.41, 5.74) is 2.70. The quantitative estimate of drug-likeness (QED) is 0.548. The van der Waals surface area contributed by atoms with Crippen molar-refractivity contribution in [3.63, 3.8) is 0 Å². The maximum Gasteiger partial charge on any atom is -0.0270 e. The summed E-state index contributed by atoms with van der Waals surface area (Å²) in [6.07, 6.45) is 14.1. The van der Waals surface area contributed by atoms with Crippen molar-refractivity contribution in [3.8, 4) is 0 Å². The van der Waals surface area contributed by atoms with Crippen LogP contribution in [0.25, 0.3) is 0 Å². The lowest BCUT2D eigenvalue weighted by Gasteiger charge is -2.06. The molecule has 0 N–H and O–H groups in total. The van der Waals surface area contributed by atoms with E-state index in [9.17, 15) is 0 Å². The van der Waals surface area contributed by atoms with Crippen LogP contribution in [0.15, 0.2) is 48.1 Å². The maximum absolute atomic E-state index is 3.82. The molecule has 0 spiro atoms. The highest BCUT2D eigenvalue weighted by molar-refractivity contribution is 5.41. The van der Waals surface area contributed by atoms with Crippen LogP contribution >= 0.6 is 0 Å². The third-order valence-corrected chi connectivity index (χ3v) is 2.10. The molecule has 1 rings (SSSR count). The van der Waals surface area contributed by atoms with Crippen LogP contribution in [0.3, 0.4) is 0 Å². The van der Waals surface area contributed by atoms with Gasteiger partial charge in [-0.25, -0.2) is 0 Å². The van der Waals surface area contributed by atoms with Crippen LogP contribution in [0.2, 0.25) is 0 Å². The number of rotatable bonds is 2. The normalized spacial score (nSPS) is 22.3. The molecule has 0 unspecified atom stereocenters. The third kappa shape index (κ3) is 7.28. The largest absolute Gasteiger partial charge is 0.0985 e. The fraction of sp³-hybridized carbons (Fsp3) is 0.500. The molecule has 0 saturated heterocycles. The van der Waals surface area contributed by atoms with Crippen LogP contribution in [-0.2, 0) is 0 Å². The van der Waals surface area contributed by atoms with Crippen molar-refractivity contribution in [2.45, 2.75) is 53.9 Å². The molecule has 0 amide bonds. The van der Waals surface area contributed by atoms with Crippen LogP contribution < -0.4 is 0 Å². The van der Waals surface area contributed by atoms with Gasteiger partial charge in [-0.15, -0.1) is 0 Å². The van der Waals surface area contributed by atoms with Crippen molar-refractivity contribution < 1.29 is 0 Å². The van der Waals surface area contributed by atoms with E-state index in [0.29, 0.717) is 0 Å². The average Bonchev–Trinajstić information content (AvgIpc) is 2.34. The molecule has 92 valence electrons. The zero-order valence-corrected chi connectivity index (χ0v) is 11.7. The van der Waals surface area contributed by atoms with Crippen LogP contribution in [0.1, 0.15) is 53.9 Å². The second kappa shape index (κ2) is 14.0. The first-order valence-electron chi connectivity index (χ1n) is 6.57. The Balaban J connectivity index is 0. The van der Waals surface area contributed by atoms with Gasteiger partial charge in [-0.1, -0.05) is 71.6 Å². The molecular weight excluding hydrogens is 192 g/mol. The second-order valence-corrected chi connectivity index (χ2v) is 2.91. The number of hydrogen-bond donors (Lipinski definition) is 0. The first kappa shape index (κ1) is 17.4. The summed E-state index contributed by atoms with van der Waals surface area (Å²) in [6.45, 7) is 14.0. The highest BCUT2D eigenvalue weighted by Gasteiger charge is 1.98. The smallest absolute Gasteiger partial charge is 0.0270 e. The standard InChI is InChI=1S/C12H16.2C2H6/c1-3-11-9-7-5-6-8-10-12(11)4-2;2*1-2/h3,6,8-10H,1,4-5,7H2,2H3;2*1-2H3/b8-6-,11-9-,12-10-;;. The SMILES string of the molecule is C=CC1=C/CC\C=C/C=C\1CC.CC.CC. The van der Waals surface area contributed by atoms with Gasteiger partial charge in [-0.05, 0) is 30.4 Å². The van der Waals surface area contributed by atoms with Crippen molar-refractivity contribution in [2.24, 2.45) is 0 Å². The Kier molecular flexibility index (Phi) is 15.1. The Morgan fingerprint density at radius 2 is 1.81 bits per heavy atom. The van der Waals surface area contributed by atoms with Gasteiger partial charge in [-0.3, -0.25) is 0 Å². The van der Waals surface area contributed by atoms with Gasteiger partial charge in [0.05, 0.1) is 0 Å². The van der Waals surface area contributed by atoms with Crippen LogP contribution in [0.5, 0.6) is 0 Å². The van der Waals surface area contributed by atoms with Crippen molar-refractivity contribution >= 4 is 0 Å². The van der Waals surface area contributed by atoms with Gasteiger partial charge in [-0.2, -0.15) is 0 Å². The molecule has 1 aliphatic rings. The number of allylic oxidation sites excluding steroid dienone is 7. The molecule has 0 aromatic rings. The zero-order valence-electron chi connectivity index (χ0n) is 11.7. The molecule has 0 heterocycles. The van der Waals surface area contributed by atoms with Crippen LogP contribution in [0, 0.1) is 0 Å². The van der Waals surface area contributed by atoms with Gasteiger partial charge in [0.1, 0.15) is 0 Å². The minimum Gasteiger partial charge on any atom is -0.0985 e. The molecule has 0 atom stereocenters. The fourth-order valence-electron chi connectivity index (χ4n) is 1.38. The minimum absolute atomic E-state index is 1.09. The number of hydrogen-bond acceptors (Lipinski definition) is 0. The summed E-state index contributed by atoms with van der Waals surface area (Å²) in [7, 11) is 0. The van der Waals surface area contributed by atoms with Gasteiger partial charge < -0.3 is 0 Å². The van der Waals surface area contributed by atoms with Crippen LogP contribution in [0.4, 0.5) is 0 Å². The molecule has 0 saturated carbocycles. The molecule has 0 aromatic carbocycles. The van der Waals surface area contributed by atoms with Gasteiger partial charge in [0, 0.05) is 0 Å². The third-order valence-electron chi connectivity index (χ3n) is 2.10. The van der Waals surface area contributed by atoms with Crippen LogP contribution in [-0.4, -0.2) is 0 Å². The molecule has 0 radical (unpaired) electrons. The van der Waals surface area contributed by atoms with E-state index >= 15 is 0 Å². The zero-order chi connectivity index (χ0) is 12.8. The van der Waals surface area contributed by atoms with E-state index in [4.69, 9.17) is 0 Å². The predicted molar refractivity (Wildman–Crippen MR) is 77.7 cm³/mol. The van der Waals surface area contributed by atoms with E-state index in [1.807, 2.05) is 33.8 Å². The van der Waals surface area contributed by atoms with Gasteiger partial charge in [0.15, 0.2) is 0 Å². The first-order chi connectivity index (χ1) is 7.88. The Morgan fingerprint density at radius 3 is 2.31 bits per heavy atom. The lowest BCUT2D eigenvalue weighted by atomic mass is 9.99. The highest BCUT2D eigenvalue weighted by Crippen LogP contribution is 2.18. The summed E-state index contributed by atoms with van der Waals surface area (Å²) in [5, 5.41) is 0. The molecule has 16 heavy (non-hydrogen) atoms. The van der Waals surface area contributed by atoms with E-state index < -0.39 is 0 Å². The van der Waals surface area contributed by atoms with E-state index in [1.165, 1.54) is 11.1 Å². The van der Waals surface area contributed by atoms with E-state index in [2.05, 4.69) is 37.8 Å². The second-order valence-electron chi connectivity index (χ2n) is 2.91. The van der Waals surface area contributed by atoms with E-state index in [1.54, 1.807) is 0 Å². The maximum atomic E-state index is 3.82. The monoisotopic (exact) mass is 220 g/mol. The molecule has 0 nitrogen and oxygen atoms in total. The molecule has 0 bridgehead atoms. The average molecular weight is 220 g/mol. The highest BCUT2D eigenvalue weighted by atomic mass is 14.0. The molecule has 0 fully saturated rings. The topological polar surface area (TPSA) is 0 Å². The summed E-state index contributed by atoms with van der Waals surface area (Å²) >= 11 is 0. The Morgan fingerprint density at radius 1 is 1.19 bits per heavy atom. The van der Waals surface area contributed by atoms with Gasteiger partial charge in [0.25, 0.3) is 0 Å². The predicted octanol–water partition coefficient (Wildman–Crippen LogP) is 5.84. The molecule has 0 heteroatoms. The van der Waals surface area contributed by atoms with Crippen molar-refractivity contribution in [3.05, 3.63) is 48.1 Å². The fourth-order valence-corrected chi connectivity index (χ4v) is 1.38. The lowest BCUT2D eigenvalue weighted by Crippen LogP contribution is -1.86. The van der Waals surface area contributed by atoms with Gasteiger partial charge in [0.2, 0.25) is 0 Å². The Bertz CT molecular complexity index is 239. The summed E-state index contributed by atoms with van der Waals surface area (Å²) in [4.78, 5) is 0. The Hall–Kier alpha value is -1.04. The summed E-state index contributed by atoms with van der Waals surface area (Å²) in [5.74, 6) is 0. The van der Waals surface area contributed by atoms with Crippen molar-refractivity contribution in [1.29, 1.82) is 0 Å².